The topological polar surface area (TPSA) is 20.2 Å². The molecule has 0 radical (unpaired) electrons. The normalized spacial score (nSPS) is 17.8. The lowest BCUT2D eigenvalue weighted by molar-refractivity contribution is 0.211. The molecule has 0 saturated heterocycles. The van der Waals surface area contributed by atoms with Crippen molar-refractivity contribution >= 4 is 10.8 Å². The highest BCUT2D eigenvalue weighted by atomic mass is 16.3. The molecule has 3 aromatic rings. The molecule has 4 rings (SSSR count). The van der Waals surface area contributed by atoms with Crippen molar-refractivity contribution in [2.45, 2.75) is 71.6 Å². The molecule has 0 heterocycles. The van der Waals surface area contributed by atoms with E-state index in [2.05, 4.69) is 82.3 Å². The van der Waals surface area contributed by atoms with Gasteiger partial charge in [-0.05, 0) is 71.0 Å². The average molecular weight is 415 g/mol. The zero-order chi connectivity index (χ0) is 22.0. The molecular weight excluding hydrogens is 376 g/mol. The Morgan fingerprint density at radius 3 is 2.42 bits per heavy atom. The Kier molecular flexibility index (Phi) is 6.82. The van der Waals surface area contributed by atoms with E-state index in [1.165, 1.54) is 57.9 Å². The summed E-state index contributed by atoms with van der Waals surface area (Å²) < 4.78 is 0. The van der Waals surface area contributed by atoms with Crippen molar-refractivity contribution in [3.8, 4) is 0 Å². The Morgan fingerprint density at radius 1 is 0.968 bits per heavy atom. The molecule has 3 aromatic carbocycles. The molecule has 0 aromatic heterocycles. The highest BCUT2D eigenvalue weighted by Gasteiger charge is 2.28. The smallest absolute Gasteiger partial charge is 0.0502 e. The molecule has 1 N–H and O–H groups in total. The number of benzene rings is 3. The molecule has 31 heavy (non-hydrogen) atoms. The lowest BCUT2D eigenvalue weighted by atomic mass is 9.74. The molecule has 3 atom stereocenters. The summed E-state index contributed by atoms with van der Waals surface area (Å²) in [7, 11) is 0. The second-order valence-electron chi connectivity index (χ2n) is 10.0. The van der Waals surface area contributed by atoms with Gasteiger partial charge in [-0.1, -0.05) is 93.8 Å². The summed E-state index contributed by atoms with van der Waals surface area (Å²) in [5, 5.41) is 13.3. The molecule has 164 valence electrons. The van der Waals surface area contributed by atoms with Gasteiger partial charge in [-0.15, -0.1) is 0 Å². The van der Waals surface area contributed by atoms with Gasteiger partial charge >= 0.3 is 0 Å². The first-order chi connectivity index (χ1) is 15.0. The fourth-order valence-electron chi connectivity index (χ4n) is 5.69. The lowest BCUT2D eigenvalue weighted by Gasteiger charge is -2.31. The lowest BCUT2D eigenvalue weighted by Crippen LogP contribution is -2.18. The molecule has 1 heteroatoms. The van der Waals surface area contributed by atoms with Crippen LogP contribution in [0.5, 0.6) is 0 Å². The Morgan fingerprint density at radius 2 is 1.74 bits per heavy atom. The summed E-state index contributed by atoms with van der Waals surface area (Å²) in [6.07, 6.45) is 5.83. The van der Waals surface area contributed by atoms with Gasteiger partial charge in [0.1, 0.15) is 0 Å². The van der Waals surface area contributed by atoms with E-state index in [-0.39, 0.29) is 12.5 Å². The highest BCUT2D eigenvalue weighted by molar-refractivity contribution is 5.93. The third-order valence-corrected chi connectivity index (χ3v) is 7.55. The minimum Gasteiger partial charge on any atom is -0.396 e. The second-order valence-corrected chi connectivity index (χ2v) is 10.0. The van der Waals surface area contributed by atoms with Gasteiger partial charge in [-0.3, -0.25) is 0 Å². The van der Waals surface area contributed by atoms with E-state index in [0.717, 1.165) is 12.8 Å². The van der Waals surface area contributed by atoms with Gasteiger partial charge in [-0.2, -0.15) is 0 Å². The molecule has 0 amide bonds. The van der Waals surface area contributed by atoms with Gasteiger partial charge in [-0.25, -0.2) is 0 Å². The van der Waals surface area contributed by atoms with E-state index in [1.54, 1.807) is 0 Å². The van der Waals surface area contributed by atoms with Crippen LogP contribution in [0.3, 0.4) is 0 Å². The molecule has 1 aliphatic rings. The third kappa shape index (κ3) is 4.44. The van der Waals surface area contributed by atoms with Crippen molar-refractivity contribution in [1.82, 2.24) is 0 Å². The van der Waals surface area contributed by atoms with Gasteiger partial charge in [0.05, 0.1) is 6.61 Å². The number of aliphatic hydroxyl groups excluding tert-OH is 1. The summed E-state index contributed by atoms with van der Waals surface area (Å²) in [5.41, 5.74) is 7.04. The minimum absolute atomic E-state index is 0.216. The first-order valence-corrected chi connectivity index (χ1v) is 12.2. The van der Waals surface area contributed by atoms with Crippen LogP contribution in [0.1, 0.15) is 86.1 Å². The summed E-state index contributed by atoms with van der Waals surface area (Å²) in [6, 6.07) is 20.6. The number of aryl methyl sites for hydroxylation is 2. The summed E-state index contributed by atoms with van der Waals surface area (Å²) >= 11 is 0. The zero-order valence-electron chi connectivity index (χ0n) is 19.7. The molecule has 0 spiro atoms. The van der Waals surface area contributed by atoms with Gasteiger partial charge in [0.15, 0.2) is 0 Å². The maximum absolute atomic E-state index is 10.5. The molecule has 0 aliphatic heterocycles. The van der Waals surface area contributed by atoms with Crippen LogP contribution < -0.4 is 0 Å². The van der Waals surface area contributed by atoms with Crippen LogP contribution in [0.25, 0.3) is 10.8 Å². The molecule has 1 aliphatic carbocycles. The van der Waals surface area contributed by atoms with Gasteiger partial charge in [0, 0.05) is 11.8 Å². The van der Waals surface area contributed by atoms with Crippen LogP contribution in [0.15, 0.2) is 54.6 Å². The summed E-state index contributed by atoms with van der Waals surface area (Å²) in [4.78, 5) is 0. The maximum Gasteiger partial charge on any atom is 0.0502 e. The Hall–Kier alpha value is -2.12. The van der Waals surface area contributed by atoms with E-state index in [1.807, 2.05) is 0 Å². The molecule has 0 saturated carbocycles. The van der Waals surface area contributed by atoms with Crippen molar-refractivity contribution in [2.75, 3.05) is 6.61 Å². The van der Waals surface area contributed by atoms with Crippen LogP contribution in [-0.2, 0) is 6.42 Å². The number of rotatable bonds is 8. The van der Waals surface area contributed by atoms with Crippen LogP contribution in [-0.4, -0.2) is 11.7 Å². The largest absolute Gasteiger partial charge is 0.396 e. The molecule has 3 unspecified atom stereocenters. The Labute approximate surface area is 188 Å². The zero-order valence-corrected chi connectivity index (χ0v) is 19.7. The number of aliphatic hydroxyl groups is 1. The van der Waals surface area contributed by atoms with Crippen LogP contribution in [0, 0.1) is 18.8 Å². The van der Waals surface area contributed by atoms with Crippen molar-refractivity contribution < 1.29 is 5.11 Å². The van der Waals surface area contributed by atoms with E-state index in [4.69, 9.17) is 0 Å². The van der Waals surface area contributed by atoms with Crippen molar-refractivity contribution in [3.05, 3.63) is 82.4 Å². The van der Waals surface area contributed by atoms with Crippen LogP contribution in [0.4, 0.5) is 0 Å². The maximum atomic E-state index is 10.5. The van der Waals surface area contributed by atoms with Gasteiger partial charge in [0.25, 0.3) is 0 Å². The Balaban J connectivity index is 1.79. The molecular formula is C30H38O. The third-order valence-electron chi connectivity index (χ3n) is 7.55. The first kappa shape index (κ1) is 22.1. The second kappa shape index (κ2) is 9.57. The highest BCUT2D eigenvalue weighted by Crippen LogP contribution is 2.44. The molecule has 0 fully saturated rings. The van der Waals surface area contributed by atoms with Crippen molar-refractivity contribution in [2.24, 2.45) is 11.8 Å². The minimum atomic E-state index is 0.216. The van der Waals surface area contributed by atoms with E-state index >= 15 is 0 Å². The first-order valence-electron chi connectivity index (χ1n) is 12.2. The number of hydrogen-bond donors (Lipinski definition) is 1. The average Bonchev–Trinajstić information content (AvgIpc) is 2.78. The standard InChI is InChI=1S/C30H38O/c1-5-22(12-9-20(2)3)29(19-31)26-18-16-24-15-17-25(23-13-10-21(4)11-14-23)27-7-6-8-28(26)30(24)27/h6-8,10-11,13-14,16,18,20,22,25,29,31H,5,9,12,15,17,19H2,1-4H3. The van der Waals surface area contributed by atoms with E-state index in [0.29, 0.717) is 17.8 Å². The fraction of sp³-hybridized carbons (Fsp3) is 0.467. The molecule has 1 nitrogen and oxygen atoms in total. The van der Waals surface area contributed by atoms with Crippen molar-refractivity contribution in [1.29, 1.82) is 0 Å². The van der Waals surface area contributed by atoms with E-state index in [9.17, 15) is 5.11 Å². The van der Waals surface area contributed by atoms with E-state index < -0.39 is 0 Å². The number of hydrogen-bond acceptors (Lipinski definition) is 1. The predicted molar refractivity (Wildman–Crippen MR) is 133 cm³/mol. The Bertz CT molecular complexity index is 1010. The monoisotopic (exact) mass is 414 g/mol. The van der Waals surface area contributed by atoms with Crippen molar-refractivity contribution in [3.63, 3.8) is 0 Å². The van der Waals surface area contributed by atoms with Gasteiger partial charge in [0.2, 0.25) is 0 Å². The van der Waals surface area contributed by atoms with Gasteiger partial charge < -0.3 is 5.11 Å². The fourth-order valence-corrected chi connectivity index (χ4v) is 5.69. The summed E-state index contributed by atoms with van der Waals surface area (Å²) in [6.45, 7) is 9.27. The SMILES string of the molecule is CCC(CCC(C)C)C(CO)c1ccc2c3c(cccc13)C(c1ccc(C)cc1)CC2. The summed E-state index contributed by atoms with van der Waals surface area (Å²) in [5.74, 6) is 1.91. The van der Waals surface area contributed by atoms with Crippen LogP contribution >= 0.6 is 0 Å². The van der Waals surface area contributed by atoms with Crippen LogP contribution in [0.2, 0.25) is 0 Å². The molecule has 0 bridgehead atoms. The predicted octanol–water partition coefficient (Wildman–Crippen LogP) is 7.76. The quantitative estimate of drug-likeness (QED) is 0.399.